The monoisotopic (exact) mass is 486 g/mol. The molecule has 0 atom stereocenters. The van der Waals surface area contributed by atoms with E-state index in [9.17, 15) is 20.4 Å². The van der Waals surface area contributed by atoms with E-state index in [0.29, 0.717) is 12.8 Å². The van der Waals surface area contributed by atoms with Crippen molar-refractivity contribution in [3.05, 3.63) is 95.1 Å². The average Bonchev–Trinajstić information content (AvgIpc) is 2.85. The molecule has 186 valence electrons. The number of ether oxygens (including phenoxy) is 2. The molecule has 0 fully saturated rings. The molecule has 4 aromatic rings. The molecule has 0 radical (unpaired) electrons. The van der Waals surface area contributed by atoms with Gasteiger partial charge in [0.1, 0.15) is 34.5 Å². The van der Waals surface area contributed by atoms with Crippen molar-refractivity contribution in [2.24, 2.45) is 0 Å². The van der Waals surface area contributed by atoms with Gasteiger partial charge >= 0.3 is 0 Å². The van der Waals surface area contributed by atoms with E-state index in [2.05, 4.69) is 0 Å². The van der Waals surface area contributed by atoms with E-state index >= 15 is 0 Å². The number of hydrogen-bond donors (Lipinski definition) is 4. The quantitative estimate of drug-likeness (QED) is 0.240. The lowest BCUT2D eigenvalue weighted by Crippen LogP contribution is -1.97. The second-order valence-corrected chi connectivity index (χ2v) is 8.78. The van der Waals surface area contributed by atoms with Crippen LogP contribution in [0.5, 0.6) is 34.5 Å². The third-order valence-corrected chi connectivity index (χ3v) is 6.15. The maximum atomic E-state index is 9.71. The summed E-state index contributed by atoms with van der Waals surface area (Å²) in [5.41, 5.74) is 5.68. The van der Waals surface area contributed by atoms with Crippen LogP contribution in [0.15, 0.2) is 72.8 Å². The van der Waals surface area contributed by atoms with Gasteiger partial charge in [-0.3, -0.25) is 0 Å². The van der Waals surface area contributed by atoms with Crippen molar-refractivity contribution in [3.8, 4) is 45.6 Å². The summed E-state index contributed by atoms with van der Waals surface area (Å²) in [6.45, 7) is 0. The van der Waals surface area contributed by atoms with Crippen LogP contribution in [0.1, 0.15) is 22.3 Å². The van der Waals surface area contributed by atoms with E-state index in [1.807, 2.05) is 36.4 Å². The summed E-state index contributed by atoms with van der Waals surface area (Å²) in [6.07, 6.45) is 2.78. The molecule has 4 aromatic carbocycles. The summed E-state index contributed by atoms with van der Waals surface area (Å²) in [7, 11) is 3.28. The molecule has 0 aliphatic heterocycles. The van der Waals surface area contributed by atoms with Crippen LogP contribution in [0.2, 0.25) is 0 Å². The minimum atomic E-state index is 0.0496. The van der Waals surface area contributed by atoms with Crippen LogP contribution in [0, 0.1) is 0 Å². The van der Waals surface area contributed by atoms with Crippen molar-refractivity contribution in [2.45, 2.75) is 25.7 Å². The Bertz CT molecular complexity index is 1220. The minimum Gasteiger partial charge on any atom is -0.508 e. The molecule has 0 saturated heterocycles. The number of aryl methyl sites for hydroxylation is 4. The molecule has 4 N–H and O–H groups in total. The van der Waals surface area contributed by atoms with Crippen molar-refractivity contribution in [3.63, 3.8) is 0 Å². The van der Waals surface area contributed by atoms with Crippen LogP contribution in [-0.2, 0) is 25.7 Å². The van der Waals surface area contributed by atoms with Crippen LogP contribution in [0.25, 0.3) is 11.1 Å². The predicted octanol–water partition coefficient (Wildman–Crippen LogP) is 5.76. The first kappa shape index (κ1) is 24.8. The van der Waals surface area contributed by atoms with E-state index < -0.39 is 0 Å². The van der Waals surface area contributed by atoms with Crippen molar-refractivity contribution < 1.29 is 29.9 Å². The van der Waals surface area contributed by atoms with Gasteiger partial charge in [0.25, 0.3) is 0 Å². The maximum absolute atomic E-state index is 9.71. The molecule has 6 nitrogen and oxygen atoms in total. The van der Waals surface area contributed by atoms with Gasteiger partial charge < -0.3 is 29.9 Å². The van der Waals surface area contributed by atoms with Crippen LogP contribution < -0.4 is 9.47 Å². The Morgan fingerprint density at radius 2 is 0.778 bits per heavy atom. The van der Waals surface area contributed by atoms with Gasteiger partial charge in [0.15, 0.2) is 0 Å². The first-order valence-corrected chi connectivity index (χ1v) is 11.7. The highest BCUT2D eigenvalue weighted by molar-refractivity contribution is 5.76. The van der Waals surface area contributed by atoms with Gasteiger partial charge in [-0.25, -0.2) is 0 Å². The molecule has 0 aliphatic rings. The molecule has 0 bridgehead atoms. The summed E-state index contributed by atoms with van der Waals surface area (Å²) in [5, 5.41) is 38.8. The molecule has 4 rings (SSSR count). The molecule has 0 saturated carbocycles. The van der Waals surface area contributed by atoms with Gasteiger partial charge in [0, 0.05) is 23.3 Å². The molecule has 0 aromatic heterocycles. The second-order valence-electron chi connectivity index (χ2n) is 8.78. The van der Waals surface area contributed by atoms with E-state index in [1.165, 1.54) is 12.1 Å². The minimum absolute atomic E-state index is 0.0496. The summed E-state index contributed by atoms with van der Waals surface area (Å²) < 4.78 is 11.4. The predicted molar refractivity (Wildman–Crippen MR) is 139 cm³/mol. The highest BCUT2D eigenvalue weighted by atomic mass is 16.5. The number of benzene rings is 4. The lowest BCUT2D eigenvalue weighted by molar-refractivity contribution is 0.409. The summed E-state index contributed by atoms with van der Waals surface area (Å²) >= 11 is 0. The van der Waals surface area contributed by atoms with Gasteiger partial charge in [-0.1, -0.05) is 24.3 Å². The molecule has 0 aliphatic carbocycles. The van der Waals surface area contributed by atoms with E-state index in [0.717, 1.165) is 57.7 Å². The number of rotatable bonds is 9. The lowest BCUT2D eigenvalue weighted by atomic mass is 9.96. The second kappa shape index (κ2) is 11.0. The van der Waals surface area contributed by atoms with Crippen LogP contribution >= 0.6 is 0 Å². The number of phenols is 4. The van der Waals surface area contributed by atoms with Gasteiger partial charge in [0.2, 0.25) is 0 Å². The fourth-order valence-corrected chi connectivity index (χ4v) is 4.41. The molecule has 0 amide bonds. The summed E-state index contributed by atoms with van der Waals surface area (Å²) in [4.78, 5) is 0. The van der Waals surface area contributed by atoms with Gasteiger partial charge in [0.05, 0.1) is 14.2 Å². The largest absolute Gasteiger partial charge is 0.508 e. The molecule has 0 spiro atoms. The Balaban J connectivity index is 1.52. The molecule has 6 heteroatoms. The average molecular weight is 487 g/mol. The lowest BCUT2D eigenvalue weighted by Gasteiger charge is -2.15. The topological polar surface area (TPSA) is 99.4 Å². The highest BCUT2D eigenvalue weighted by Crippen LogP contribution is 2.38. The molecular weight excluding hydrogens is 456 g/mol. The zero-order valence-electron chi connectivity index (χ0n) is 20.4. The molecule has 36 heavy (non-hydrogen) atoms. The maximum Gasteiger partial charge on any atom is 0.127 e. The van der Waals surface area contributed by atoms with Crippen molar-refractivity contribution in [1.82, 2.24) is 0 Å². The third-order valence-electron chi connectivity index (χ3n) is 6.15. The number of methoxy groups -OCH3 is 2. The summed E-state index contributed by atoms with van der Waals surface area (Å²) in [5.74, 6) is 1.66. The first-order chi connectivity index (χ1) is 17.3. The first-order valence-electron chi connectivity index (χ1n) is 11.7. The Hall–Kier alpha value is -4.32. The number of phenolic OH excluding ortho intramolecular Hbond substituents is 4. The van der Waals surface area contributed by atoms with Gasteiger partial charge in [-0.15, -0.1) is 0 Å². The fourth-order valence-electron chi connectivity index (χ4n) is 4.41. The smallest absolute Gasteiger partial charge is 0.127 e. The zero-order chi connectivity index (χ0) is 25.7. The third kappa shape index (κ3) is 6.02. The van der Waals surface area contributed by atoms with E-state index in [-0.39, 0.29) is 23.0 Å². The van der Waals surface area contributed by atoms with E-state index in [4.69, 9.17) is 9.47 Å². The van der Waals surface area contributed by atoms with Crippen LogP contribution in [-0.4, -0.2) is 34.6 Å². The number of aromatic hydroxyl groups is 4. The standard InChI is InChI=1S/C30H30O6/c1-35-29-15-19(3-5-21-11-23(31)17-24(32)12-21)7-9-27(29)28-10-8-20(16-30(28)36-2)4-6-22-13-25(33)18-26(34)14-22/h7-18,31-34H,3-6H2,1-2H3. The van der Waals surface area contributed by atoms with Crippen molar-refractivity contribution in [2.75, 3.05) is 14.2 Å². The summed E-state index contributed by atoms with van der Waals surface area (Å²) in [6, 6.07) is 21.4. The van der Waals surface area contributed by atoms with Crippen LogP contribution in [0.4, 0.5) is 0 Å². The Labute approximate surface area is 210 Å². The highest BCUT2D eigenvalue weighted by Gasteiger charge is 2.13. The van der Waals surface area contributed by atoms with Crippen LogP contribution in [0.3, 0.4) is 0 Å². The zero-order valence-corrected chi connectivity index (χ0v) is 20.4. The Kier molecular flexibility index (Phi) is 7.54. The SMILES string of the molecule is COc1cc(CCc2cc(O)cc(O)c2)ccc1-c1ccc(CCc2cc(O)cc(O)c2)cc1OC. The Morgan fingerprint density at radius 3 is 1.11 bits per heavy atom. The van der Waals surface area contributed by atoms with Gasteiger partial charge in [-0.2, -0.15) is 0 Å². The fraction of sp³-hybridized carbons (Fsp3) is 0.200. The van der Waals surface area contributed by atoms with E-state index in [1.54, 1.807) is 38.5 Å². The Morgan fingerprint density at radius 1 is 0.444 bits per heavy atom. The van der Waals surface area contributed by atoms with Crippen molar-refractivity contribution in [1.29, 1.82) is 0 Å². The molecule has 0 heterocycles. The van der Waals surface area contributed by atoms with Gasteiger partial charge in [-0.05, 0) is 84.3 Å². The molecule has 0 unspecified atom stereocenters. The molecular formula is C30H30O6. The number of hydrogen-bond acceptors (Lipinski definition) is 6. The van der Waals surface area contributed by atoms with Crippen molar-refractivity contribution >= 4 is 0 Å². The normalized spacial score (nSPS) is 10.8.